The molecule has 6 unspecified atom stereocenters. The van der Waals surface area contributed by atoms with Crippen molar-refractivity contribution in [1.29, 1.82) is 0 Å². The number of rotatable bonds is 13. The summed E-state index contributed by atoms with van der Waals surface area (Å²) in [6.45, 7) is 24.5. The average molecular weight is 1490 g/mol. The summed E-state index contributed by atoms with van der Waals surface area (Å²) in [7, 11) is -0.413. The van der Waals surface area contributed by atoms with E-state index in [-0.39, 0.29) is 65.0 Å². The third kappa shape index (κ3) is 16.6. The Morgan fingerprint density at radius 3 is 1.33 bits per heavy atom. The van der Waals surface area contributed by atoms with Crippen molar-refractivity contribution in [2.75, 3.05) is 13.2 Å². The number of hydrogen-bond acceptors (Lipinski definition) is 20. The molecule has 0 radical (unpaired) electrons. The van der Waals surface area contributed by atoms with E-state index in [4.69, 9.17) is 28.3 Å². The van der Waals surface area contributed by atoms with Crippen LogP contribution in [0.5, 0.6) is 0 Å². The molecule has 7 aliphatic heterocycles. The number of carbonyl (C=O) groups is 4. The summed E-state index contributed by atoms with van der Waals surface area (Å²) >= 11 is 3.52. The number of hydrogen-bond donors (Lipinski definition) is 13. The number of esters is 1. The van der Waals surface area contributed by atoms with Crippen molar-refractivity contribution >= 4 is 52.2 Å². The van der Waals surface area contributed by atoms with E-state index in [0.29, 0.717) is 47.8 Å². The lowest BCUT2D eigenvalue weighted by Gasteiger charge is -2.46. The minimum Gasteiger partial charge on any atom is -0.459 e. The lowest BCUT2D eigenvalue weighted by Crippen LogP contribution is -2.59. The highest BCUT2D eigenvalue weighted by atomic mass is 79.9. The molecular weight excluding hydrogens is 1390 g/mol. The van der Waals surface area contributed by atoms with Crippen LogP contribution in [0.25, 0.3) is 22.3 Å². The van der Waals surface area contributed by atoms with E-state index in [9.17, 15) is 70.2 Å². The molecular formula is C78H97BBrN3O20. The van der Waals surface area contributed by atoms with Crippen LogP contribution in [0.4, 0.5) is 0 Å². The van der Waals surface area contributed by atoms with Crippen LogP contribution in [-0.2, 0) is 52.7 Å². The molecule has 4 fully saturated rings. The molecule has 0 spiro atoms. The summed E-state index contributed by atoms with van der Waals surface area (Å²) in [5.41, 5.74) is 13.5. The summed E-state index contributed by atoms with van der Waals surface area (Å²) in [5, 5.41) is 109. The van der Waals surface area contributed by atoms with Crippen LogP contribution in [0.3, 0.4) is 0 Å². The molecule has 0 aromatic heterocycles. The predicted molar refractivity (Wildman–Crippen MR) is 386 cm³/mol. The Morgan fingerprint density at radius 2 is 0.922 bits per heavy atom. The first-order chi connectivity index (χ1) is 48.7. The van der Waals surface area contributed by atoms with Crippen LogP contribution in [0.1, 0.15) is 168 Å². The Morgan fingerprint density at radius 1 is 0.534 bits per heavy atom. The fourth-order valence-electron chi connectivity index (χ4n) is 14.6. The number of aryl methyl sites for hydroxylation is 3. The van der Waals surface area contributed by atoms with Crippen molar-refractivity contribution < 1.29 is 98.5 Å². The topological polar surface area (TPSA) is 362 Å². The van der Waals surface area contributed by atoms with E-state index in [0.717, 1.165) is 72.0 Å². The summed E-state index contributed by atoms with van der Waals surface area (Å²) in [6, 6.07) is 34.2. The van der Waals surface area contributed by atoms with Crippen molar-refractivity contribution in [2.24, 2.45) is 11.8 Å². The van der Waals surface area contributed by atoms with Crippen molar-refractivity contribution in [1.82, 2.24) is 16.0 Å². The molecule has 0 saturated carbocycles. The minimum atomic E-state index is -1.55. The number of amides is 3. The van der Waals surface area contributed by atoms with Crippen molar-refractivity contribution in [2.45, 2.75) is 218 Å². The zero-order valence-corrected chi connectivity index (χ0v) is 61.6. The van der Waals surface area contributed by atoms with E-state index >= 15 is 0 Å². The summed E-state index contributed by atoms with van der Waals surface area (Å²) in [6.07, 6.45) is -15.4. The van der Waals surface area contributed by atoms with Gasteiger partial charge in [0.1, 0.15) is 85.5 Å². The molecule has 23 nitrogen and oxygen atoms in total. The first kappa shape index (κ1) is 78.7. The third-order valence-corrected chi connectivity index (χ3v) is 22.3. The number of benzene rings is 6. The zero-order valence-electron chi connectivity index (χ0n) is 60.0. The SMILES string of the molecule is CC1(C)OB(c2ccc3c(c2)C(=O)NC3)OC1(C)C.CCC1O[C@H]([C@H](C)c2ccc(Br)cc2C)C(OC(C)=O)[C@@H](C)[C@@H]1C.Cc1cc(-c2ccc3c(c2)C(=O)NC3)ccc1[C@@H](O)[C@H]1OC(CO)[C@@H](O)[C@H](O)C1O.Cc1cc(-c2ccc3c(c2)C(=O)NC3)ccc1[C@@H](O)[C@H]1OC(CO)[C@@H](O)[C@H](O)C1O. The smallest absolute Gasteiger partial charge is 0.459 e. The van der Waals surface area contributed by atoms with Gasteiger partial charge in [-0.3, -0.25) is 19.2 Å². The van der Waals surface area contributed by atoms with Crippen LogP contribution >= 0.6 is 15.9 Å². The highest BCUT2D eigenvalue weighted by Gasteiger charge is 2.53. The molecule has 0 bridgehead atoms. The maximum absolute atomic E-state index is 11.9. The van der Waals surface area contributed by atoms with Gasteiger partial charge < -0.3 is 95.3 Å². The number of fused-ring (bicyclic) bond motifs is 3. The van der Waals surface area contributed by atoms with Crippen LogP contribution in [0, 0.1) is 32.6 Å². The summed E-state index contributed by atoms with van der Waals surface area (Å²) in [5.74, 6) is 0.350. The standard InChI is InChI=1S/2C22H25NO7.C20H29BrO3.C14H18BNO3/c2*1-10-6-11(12-2-3-13-8-23-22(29)15(13)7-12)4-5-14(10)17(25)21-20(28)19(27)18(26)16(9-24)30-21;1-7-18-12(3)13(4)19(23-15(6)22)20(24-18)14(5)17-9-8-16(21)10-11(17)2;1-13(2)14(3,4)19-15(18-13)10-6-5-9-8-16-12(17)11(9)7-10/h2*2-7,16-21,24-28H,8-9H2,1H3,(H,23,29);8-10,12-14,18-20H,7H2,1-6H3;5-7H,8H2,1-4H3,(H,16,17)/t2*16?,17-,18-,19+,20?,21-;12-,13-,14+,18?,19?,20+;/m110./s1. The van der Waals surface area contributed by atoms with E-state index in [1.165, 1.54) is 18.1 Å². The molecule has 25 heteroatoms. The minimum absolute atomic E-state index is 0.0200. The van der Waals surface area contributed by atoms with Gasteiger partial charge in [0, 0.05) is 59.6 Å². The molecule has 6 aromatic carbocycles. The summed E-state index contributed by atoms with van der Waals surface area (Å²) in [4.78, 5) is 47.2. The van der Waals surface area contributed by atoms with Gasteiger partial charge in [0.2, 0.25) is 0 Å². The van der Waals surface area contributed by atoms with Crippen LogP contribution in [-0.4, -0.2) is 186 Å². The first-order valence-corrected chi connectivity index (χ1v) is 35.8. The lowest BCUT2D eigenvalue weighted by atomic mass is 9.76. The second-order valence-corrected chi connectivity index (χ2v) is 30.0. The van der Waals surface area contributed by atoms with Crippen LogP contribution < -0.4 is 21.4 Å². The second-order valence-electron chi connectivity index (χ2n) is 29.0. The van der Waals surface area contributed by atoms with Crippen LogP contribution in [0.15, 0.2) is 114 Å². The highest BCUT2D eigenvalue weighted by Crippen LogP contribution is 2.43. The Bertz CT molecular complexity index is 3910. The van der Waals surface area contributed by atoms with Gasteiger partial charge in [-0.25, -0.2) is 0 Å². The predicted octanol–water partition coefficient (Wildman–Crippen LogP) is 6.03. The largest absolute Gasteiger partial charge is 0.494 e. The van der Waals surface area contributed by atoms with E-state index in [1.54, 1.807) is 38.1 Å². The molecule has 13 rings (SSSR count). The Kier molecular flexibility index (Phi) is 24.8. The van der Waals surface area contributed by atoms with Gasteiger partial charge in [-0.15, -0.1) is 0 Å². The van der Waals surface area contributed by atoms with Gasteiger partial charge in [0.15, 0.2) is 0 Å². The lowest BCUT2D eigenvalue weighted by molar-refractivity contribution is -0.250. The maximum Gasteiger partial charge on any atom is 0.494 e. The molecule has 18 atom stereocenters. The van der Waals surface area contributed by atoms with Gasteiger partial charge in [-0.1, -0.05) is 122 Å². The second kappa shape index (κ2) is 32.5. The highest BCUT2D eigenvalue weighted by molar-refractivity contribution is 9.10. The average Bonchev–Trinajstić information content (AvgIpc) is 1.73. The van der Waals surface area contributed by atoms with E-state index in [2.05, 4.69) is 84.7 Å². The number of aliphatic hydroxyl groups excluding tert-OH is 10. The Labute approximate surface area is 609 Å². The number of aliphatic hydroxyl groups is 10. The van der Waals surface area contributed by atoms with Gasteiger partial charge in [-0.05, 0) is 169 Å². The fraction of sp³-hybridized carbons (Fsp3) is 0.487. The van der Waals surface area contributed by atoms with E-state index < -0.39 is 93.6 Å². The summed E-state index contributed by atoms with van der Waals surface area (Å²) < 4.78 is 36.2. The monoisotopic (exact) mass is 1490 g/mol. The van der Waals surface area contributed by atoms with Crippen LogP contribution in [0.2, 0.25) is 0 Å². The molecule has 7 aliphatic rings. The van der Waals surface area contributed by atoms with E-state index in [1.807, 2.05) is 94.4 Å². The molecule has 6 aromatic rings. The zero-order chi connectivity index (χ0) is 75.0. The quantitative estimate of drug-likeness (QED) is 0.0463. The van der Waals surface area contributed by atoms with Gasteiger partial charge in [0.25, 0.3) is 17.7 Å². The molecule has 4 saturated heterocycles. The normalized spacial score (nSPS) is 28.8. The molecule has 13 N–H and O–H groups in total. The number of ether oxygens (including phenoxy) is 4. The molecule has 554 valence electrons. The molecule has 0 aliphatic carbocycles. The number of nitrogens with one attached hydrogen (secondary N) is 3. The molecule has 7 heterocycles. The Balaban J connectivity index is 0.000000150. The molecule has 103 heavy (non-hydrogen) atoms. The number of halogens is 1. The van der Waals surface area contributed by atoms with Gasteiger partial charge in [0.05, 0.1) is 30.5 Å². The van der Waals surface area contributed by atoms with Crippen molar-refractivity contribution in [3.63, 3.8) is 0 Å². The third-order valence-electron chi connectivity index (χ3n) is 21.8. The van der Waals surface area contributed by atoms with Crippen molar-refractivity contribution in [3.05, 3.63) is 180 Å². The van der Waals surface area contributed by atoms with Gasteiger partial charge in [-0.2, -0.15) is 0 Å². The van der Waals surface area contributed by atoms with Gasteiger partial charge >= 0.3 is 13.1 Å². The molecule has 3 amide bonds. The fourth-order valence-corrected chi connectivity index (χ4v) is 15.0. The van der Waals surface area contributed by atoms with Crippen molar-refractivity contribution in [3.8, 4) is 22.3 Å². The first-order valence-electron chi connectivity index (χ1n) is 35.1. The number of carbonyl (C=O) groups excluding carboxylic acids is 4. The maximum atomic E-state index is 11.9. The Hall–Kier alpha value is -6.86.